The Hall–Kier alpha value is -1.94. The number of aliphatic carboxylic acids is 1. The van der Waals surface area contributed by atoms with Gasteiger partial charge in [0.05, 0.1) is 32.5 Å². The van der Waals surface area contributed by atoms with Gasteiger partial charge in [0.25, 0.3) is 5.79 Å². The van der Waals surface area contributed by atoms with Gasteiger partial charge in [0.2, 0.25) is 5.91 Å². The third-order valence-corrected chi connectivity index (χ3v) is 9.84. The number of carbonyl (C=O) groups is 2. The van der Waals surface area contributed by atoms with Crippen LogP contribution >= 0.6 is 0 Å². The second-order valence-electron chi connectivity index (χ2n) is 13.8. The fraction of sp³-hybridized carbons (Fsp3) is 0.933. The monoisotopic (exact) mass is 825 g/mol. The highest BCUT2D eigenvalue weighted by atomic mass is 16.8. The van der Waals surface area contributed by atoms with Gasteiger partial charge in [-0.05, 0) is 0 Å². The molecule has 0 spiro atoms. The summed E-state index contributed by atoms with van der Waals surface area (Å²) < 4.78 is 39.0. The van der Waals surface area contributed by atoms with Crippen LogP contribution in [0.3, 0.4) is 0 Å². The van der Waals surface area contributed by atoms with Crippen molar-refractivity contribution >= 4 is 11.9 Å². The fourth-order valence-corrected chi connectivity index (χ4v) is 6.81. The van der Waals surface area contributed by atoms with Crippen LogP contribution in [0, 0.1) is 0 Å². The van der Waals surface area contributed by atoms with E-state index in [1.165, 1.54) is 0 Å². The molecule has 0 aromatic heterocycles. The summed E-state index contributed by atoms with van der Waals surface area (Å²) >= 11 is 0. The van der Waals surface area contributed by atoms with Crippen LogP contribution in [0.2, 0.25) is 0 Å². The van der Waals surface area contributed by atoms with Crippen LogP contribution in [0.25, 0.3) is 0 Å². The smallest absolute Gasteiger partial charge is 0.364 e. The molecule has 4 aliphatic heterocycles. The predicted octanol–water partition coefficient (Wildman–Crippen LogP) is -11.0. The molecule has 26 nitrogen and oxygen atoms in total. The van der Waals surface area contributed by atoms with Crippen molar-refractivity contribution in [3.63, 3.8) is 0 Å². The number of carboxylic acids is 1. The minimum Gasteiger partial charge on any atom is -0.477 e. The first kappa shape index (κ1) is 46.7. The van der Waals surface area contributed by atoms with Crippen LogP contribution in [-0.4, -0.2) is 254 Å². The first-order chi connectivity index (χ1) is 26.2. The molecule has 0 aliphatic carbocycles. The highest BCUT2D eigenvalue weighted by Gasteiger charge is 2.58. The third-order valence-electron chi connectivity index (χ3n) is 9.84. The Morgan fingerprint density at radius 2 is 1.18 bits per heavy atom. The van der Waals surface area contributed by atoms with Crippen molar-refractivity contribution in [2.45, 2.75) is 148 Å². The summed E-state index contributed by atoms with van der Waals surface area (Å²) in [5.41, 5.74) is 0. The van der Waals surface area contributed by atoms with Gasteiger partial charge < -0.3 is 120 Å². The van der Waals surface area contributed by atoms with E-state index in [2.05, 4.69) is 5.32 Å². The molecule has 0 saturated carbocycles. The molecule has 0 radical (unpaired) electrons. The topological polar surface area (TPSA) is 434 Å². The molecule has 0 aromatic carbocycles. The molecule has 4 aliphatic rings. The molecule has 22 atom stereocenters. The van der Waals surface area contributed by atoms with Crippen molar-refractivity contribution in [3.8, 4) is 0 Å². The van der Waals surface area contributed by atoms with Gasteiger partial charge in [-0.2, -0.15) is 0 Å². The lowest BCUT2D eigenvalue weighted by molar-refractivity contribution is -0.397. The van der Waals surface area contributed by atoms with Gasteiger partial charge in [0, 0.05) is 13.3 Å². The minimum atomic E-state index is -3.11. The maximum absolute atomic E-state index is 12.0. The summed E-state index contributed by atoms with van der Waals surface area (Å²) in [6.45, 7) is -3.22. The van der Waals surface area contributed by atoms with Crippen molar-refractivity contribution in [2.75, 3.05) is 26.4 Å². The predicted molar refractivity (Wildman–Crippen MR) is 169 cm³/mol. The zero-order valence-electron chi connectivity index (χ0n) is 29.5. The maximum atomic E-state index is 12.0. The fourth-order valence-electron chi connectivity index (χ4n) is 6.81. The molecule has 56 heavy (non-hydrogen) atoms. The van der Waals surface area contributed by atoms with Gasteiger partial charge in [-0.25, -0.2) is 4.79 Å². The molecule has 0 aromatic rings. The highest BCUT2D eigenvalue weighted by molar-refractivity contribution is 5.75. The second kappa shape index (κ2) is 19.4. The Morgan fingerprint density at radius 3 is 1.71 bits per heavy atom. The third kappa shape index (κ3) is 9.74. The Bertz CT molecular complexity index is 1290. The average Bonchev–Trinajstić information content (AvgIpc) is 3.15. The average molecular weight is 826 g/mol. The number of hydrogen-bond acceptors (Lipinski definition) is 24. The largest absolute Gasteiger partial charge is 0.477 e. The van der Waals surface area contributed by atoms with E-state index >= 15 is 0 Å². The summed E-state index contributed by atoms with van der Waals surface area (Å²) in [6.07, 6.45) is -41.8. The Labute approximate surface area is 316 Å². The van der Waals surface area contributed by atoms with E-state index in [1.54, 1.807) is 0 Å². The number of hydrogen-bond donors (Lipinski definition) is 17. The van der Waals surface area contributed by atoms with Crippen LogP contribution in [0.4, 0.5) is 0 Å². The van der Waals surface area contributed by atoms with E-state index in [4.69, 9.17) is 33.2 Å². The van der Waals surface area contributed by atoms with Crippen molar-refractivity contribution < 1.29 is 124 Å². The first-order valence-corrected chi connectivity index (χ1v) is 17.3. The Morgan fingerprint density at radius 1 is 0.661 bits per heavy atom. The van der Waals surface area contributed by atoms with Gasteiger partial charge in [0.1, 0.15) is 104 Å². The Balaban J connectivity index is 1.71. The molecule has 4 saturated heterocycles. The highest BCUT2D eigenvalue weighted by Crippen LogP contribution is 2.37. The summed E-state index contributed by atoms with van der Waals surface area (Å²) in [5, 5.41) is 169. The number of amides is 1. The van der Waals surface area contributed by atoms with Gasteiger partial charge in [-0.1, -0.05) is 0 Å². The second-order valence-corrected chi connectivity index (χ2v) is 13.8. The van der Waals surface area contributed by atoms with Crippen LogP contribution < -0.4 is 5.32 Å². The number of nitrogens with one attached hydrogen (secondary N) is 1. The number of carbonyl (C=O) groups excluding carboxylic acids is 1. The molecule has 326 valence electrons. The van der Waals surface area contributed by atoms with E-state index in [0.29, 0.717) is 0 Å². The maximum Gasteiger partial charge on any atom is 0.364 e. The number of rotatable bonds is 15. The van der Waals surface area contributed by atoms with Crippen LogP contribution in [-0.2, 0) is 42.7 Å². The molecular formula is C30H51NO25. The van der Waals surface area contributed by atoms with Crippen LogP contribution in [0.5, 0.6) is 0 Å². The molecular weight excluding hydrogens is 774 g/mol. The number of ether oxygens (including phenoxy) is 7. The molecule has 1 unspecified atom stereocenters. The van der Waals surface area contributed by atoms with E-state index in [0.717, 1.165) is 6.92 Å². The number of aliphatic hydroxyl groups is 15. The van der Waals surface area contributed by atoms with Gasteiger partial charge in [0.15, 0.2) is 18.9 Å². The van der Waals surface area contributed by atoms with Gasteiger partial charge >= 0.3 is 5.97 Å². The lowest BCUT2D eigenvalue weighted by Gasteiger charge is -2.50. The molecule has 4 heterocycles. The first-order valence-electron chi connectivity index (χ1n) is 17.3. The molecule has 26 heteroatoms. The van der Waals surface area contributed by atoms with Gasteiger partial charge in [-0.3, -0.25) is 4.79 Å². The lowest BCUT2D eigenvalue weighted by atomic mass is 9.91. The molecule has 1 amide bonds. The minimum absolute atomic E-state index is 0.789. The standard InChI is InChI=1S/C30H51NO25/c1-7(36)31-13-15(42)14(41)12(6-35)50-26(13)55-25-17(44)16(43)20(9(38)3-32)52-28(25)54-24-18(45)21(10(39)4-33)51-27(19(24)46)53-22-8(37)2-30(49,29(47)48)56-23(22)11(40)5-34/h8-28,32-35,37-46,49H,2-6H2,1H3,(H,31,36)(H,47,48)/t8-,9+,10+,11-,12-,13-,14-,15-,16+,17+,18-,19+,20-,21-,22-,23-,24+,25+,26-,27-,28-,30?/m1/s1. The molecule has 4 rings (SSSR count). The summed E-state index contributed by atoms with van der Waals surface area (Å²) in [7, 11) is 0. The van der Waals surface area contributed by atoms with E-state index in [-0.39, 0.29) is 0 Å². The van der Waals surface area contributed by atoms with E-state index in [9.17, 15) is 91.3 Å². The quantitative estimate of drug-likeness (QED) is 0.0729. The van der Waals surface area contributed by atoms with Crippen molar-refractivity contribution in [3.05, 3.63) is 0 Å². The number of carboxylic acid groups (broad SMARTS) is 1. The Kier molecular flexibility index (Phi) is 16.2. The molecule has 17 N–H and O–H groups in total. The summed E-state index contributed by atoms with van der Waals surface area (Å²) in [4.78, 5) is 23.7. The van der Waals surface area contributed by atoms with E-state index < -0.39 is 179 Å². The zero-order valence-corrected chi connectivity index (χ0v) is 29.5. The molecule has 0 bridgehead atoms. The number of aliphatic hydroxyl groups excluding tert-OH is 14. The SMILES string of the molecule is CC(=O)N[C@H]1[C@@H](O[C@@H]2[C@@H](O[C@@H]3[C@H](O)[C@@H](O[C@H]4[C@@H]([C@H](O)CO)OC(O)(C(=O)O)C[C@H]4O)O[C@H]([C@@H](O)CO)[C@H]3O)O[C@H]([C@@H](O)CO)[C@@H](O)[C@@H]2O)O[C@H](CO)[C@@H](O)[C@@H]1O. The zero-order chi connectivity index (χ0) is 42.0. The van der Waals surface area contributed by atoms with Crippen molar-refractivity contribution in [1.29, 1.82) is 0 Å². The van der Waals surface area contributed by atoms with Crippen LogP contribution in [0.1, 0.15) is 13.3 Å². The van der Waals surface area contributed by atoms with Crippen molar-refractivity contribution in [1.82, 2.24) is 5.32 Å². The van der Waals surface area contributed by atoms with Crippen LogP contribution in [0.15, 0.2) is 0 Å². The van der Waals surface area contributed by atoms with Crippen molar-refractivity contribution in [2.24, 2.45) is 0 Å². The summed E-state index contributed by atoms with van der Waals surface area (Å²) in [5.74, 6) is -5.89. The van der Waals surface area contributed by atoms with E-state index in [1.807, 2.05) is 0 Å². The normalized spacial score (nSPS) is 46.4. The van der Waals surface area contributed by atoms with Gasteiger partial charge in [-0.15, -0.1) is 0 Å². The lowest BCUT2D eigenvalue weighted by Crippen LogP contribution is -2.70. The summed E-state index contributed by atoms with van der Waals surface area (Å²) in [6, 6.07) is -1.65. The molecule has 4 fully saturated rings.